The molecule has 7 nitrogen and oxygen atoms in total. The number of carbonyl (C=O) groups is 2. The highest BCUT2D eigenvalue weighted by Gasteiger charge is 2.46. The number of ketones is 1. The number of unbranched alkanes of at least 4 members (excludes halogenated alkanes) is 2. The first-order valence-electron chi connectivity index (χ1n) is 13.3. The van der Waals surface area contributed by atoms with Gasteiger partial charge < -0.3 is 24.2 Å². The highest BCUT2D eigenvalue weighted by Crippen LogP contribution is 2.41. The molecule has 1 N–H and O–H groups in total. The number of carbonyl (C=O) groups excluding carboxylic acids is 2. The standard InChI is InChI=1S/C32H35NO6/c1-4-6-7-20-39-27-18-12-24(13-19-27)30(34)28-29(23-10-16-26(17-11-23)38-5-2)33(32(36)31(28)35)21-22-8-14-25(37-3)15-9-22/h8-19,29,34H,4-7,20-21H2,1-3H3/b30-28-. The highest BCUT2D eigenvalue weighted by atomic mass is 16.5. The fourth-order valence-corrected chi connectivity index (χ4v) is 4.64. The maximum absolute atomic E-state index is 13.4. The average Bonchev–Trinajstić information content (AvgIpc) is 3.21. The maximum atomic E-state index is 13.4. The molecule has 1 unspecified atom stereocenters. The summed E-state index contributed by atoms with van der Waals surface area (Å²) in [7, 11) is 1.59. The van der Waals surface area contributed by atoms with Crippen LogP contribution < -0.4 is 14.2 Å². The van der Waals surface area contributed by atoms with Crippen LogP contribution in [0, 0.1) is 0 Å². The van der Waals surface area contributed by atoms with Crippen molar-refractivity contribution >= 4 is 17.4 Å². The summed E-state index contributed by atoms with van der Waals surface area (Å²) in [6.07, 6.45) is 3.18. The topological polar surface area (TPSA) is 85.3 Å². The van der Waals surface area contributed by atoms with E-state index >= 15 is 0 Å². The molecule has 39 heavy (non-hydrogen) atoms. The molecule has 1 atom stereocenters. The third-order valence-corrected chi connectivity index (χ3v) is 6.70. The van der Waals surface area contributed by atoms with Gasteiger partial charge in [0.25, 0.3) is 11.7 Å². The summed E-state index contributed by atoms with van der Waals surface area (Å²) in [5, 5.41) is 11.4. The van der Waals surface area contributed by atoms with Crippen molar-refractivity contribution in [2.24, 2.45) is 0 Å². The van der Waals surface area contributed by atoms with Crippen LogP contribution in [-0.4, -0.2) is 42.0 Å². The van der Waals surface area contributed by atoms with Gasteiger partial charge in [0, 0.05) is 12.1 Å². The van der Waals surface area contributed by atoms with E-state index in [1.165, 1.54) is 4.90 Å². The van der Waals surface area contributed by atoms with Crippen LogP contribution >= 0.6 is 0 Å². The predicted octanol–water partition coefficient (Wildman–Crippen LogP) is 6.28. The van der Waals surface area contributed by atoms with Gasteiger partial charge >= 0.3 is 0 Å². The monoisotopic (exact) mass is 529 g/mol. The summed E-state index contributed by atoms with van der Waals surface area (Å²) in [6, 6.07) is 20.7. The molecular formula is C32H35NO6. The van der Waals surface area contributed by atoms with Crippen molar-refractivity contribution in [3.63, 3.8) is 0 Å². The minimum Gasteiger partial charge on any atom is -0.507 e. The number of nitrogens with zero attached hydrogens (tertiary/aromatic N) is 1. The van der Waals surface area contributed by atoms with Crippen LogP contribution in [0.5, 0.6) is 17.2 Å². The van der Waals surface area contributed by atoms with E-state index in [2.05, 4.69) is 6.92 Å². The van der Waals surface area contributed by atoms with Crippen LogP contribution in [0.15, 0.2) is 78.4 Å². The lowest BCUT2D eigenvalue weighted by Gasteiger charge is -2.25. The van der Waals surface area contributed by atoms with E-state index in [0.29, 0.717) is 41.6 Å². The minimum absolute atomic E-state index is 0.0503. The fraction of sp³-hybridized carbons (Fsp3) is 0.312. The van der Waals surface area contributed by atoms with E-state index in [1.807, 2.05) is 43.3 Å². The summed E-state index contributed by atoms with van der Waals surface area (Å²) in [5.41, 5.74) is 2.02. The van der Waals surface area contributed by atoms with E-state index in [9.17, 15) is 14.7 Å². The molecule has 0 aliphatic carbocycles. The van der Waals surface area contributed by atoms with Crippen molar-refractivity contribution in [1.82, 2.24) is 4.90 Å². The Morgan fingerprint density at radius 3 is 2.05 bits per heavy atom. The number of benzene rings is 3. The Morgan fingerprint density at radius 2 is 1.44 bits per heavy atom. The van der Waals surface area contributed by atoms with E-state index in [0.717, 1.165) is 24.8 Å². The number of likely N-dealkylation sites (tertiary alicyclic amines) is 1. The number of aliphatic hydroxyl groups is 1. The number of methoxy groups -OCH3 is 1. The van der Waals surface area contributed by atoms with E-state index in [-0.39, 0.29) is 17.9 Å². The second kappa shape index (κ2) is 13.0. The lowest BCUT2D eigenvalue weighted by molar-refractivity contribution is -0.140. The van der Waals surface area contributed by atoms with Gasteiger partial charge in [0.05, 0.1) is 31.9 Å². The van der Waals surface area contributed by atoms with Crippen LogP contribution in [0.4, 0.5) is 0 Å². The van der Waals surface area contributed by atoms with Crippen molar-refractivity contribution in [2.45, 2.75) is 45.7 Å². The molecule has 204 valence electrons. The average molecular weight is 530 g/mol. The van der Waals surface area contributed by atoms with Gasteiger partial charge in [0.1, 0.15) is 23.0 Å². The van der Waals surface area contributed by atoms with Crippen molar-refractivity contribution in [2.75, 3.05) is 20.3 Å². The SMILES string of the molecule is CCCCCOc1ccc(/C(O)=C2/C(=O)C(=O)N(Cc3ccc(OC)cc3)C2c2ccc(OCC)cc2)cc1. The van der Waals surface area contributed by atoms with Crippen molar-refractivity contribution in [1.29, 1.82) is 0 Å². The van der Waals surface area contributed by atoms with E-state index in [1.54, 1.807) is 43.5 Å². The largest absolute Gasteiger partial charge is 0.507 e. The second-order valence-corrected chi connectivity index (χ2v) is 9.36. The van der Waals surface area contributed by atoms with E-state index in [4.69, 9.17) is 14.2 Å². The zero-order chi connectivity index (χ0) is 27.8. The molecule has 1 fully saturated rings. The Bertz CT molecular complexity index is 1300. The molecule has 4 rings (SSSR count). The summed E-state index contributed by atoms with van der Waals surface area (Å²) < 4.78 is 16.6. The number of ether oxygens (including phenoxy) is 3. The smallest absolute Gasteiger partial charge is 0.295 e. The van der Waals surface area contributed by atoms with Crippen molar-refractivity contribution < 1.29 is 28.9 Å². The summed E-state index contributed by atoms with van der Waals surface area (Å²) >= 11 is 0. The Morgan fingerprint density at radius 1 is 0.821 bits per heavy atom. The molecule has 1 heterocycles. The minimum atomic E-state index is -0.771. The lowest BCUT2D eigenvalue weighted by Crippen LogP contribution is -2.29. The number of aliphatic hydroxyl groups excluding tert-OH is 1. The van der Waals surface area contributed by atoms with Crippen LogP contribution in [0.25, 0.3) is 5.76 Å². The normalized spacial score (nSPS) is 16.4. The molecule has 7 heteroatoms. The first-order valence-corrected chi connectivity index (χ1v) is 13.3. The molecule has 0 bridgehead atoms. The number of amides is 1. The first kappa shape index (κ1) is 27.8. The molecular weight excluding hydrogens is 494 g/mol. The number of Topliss-reactive ketones (excluding diaryl/α,β-unsaturated/α-hetero) is 1. The highest BCUT2D eigenvalue weighted by molar-refractivity contribution is 6.46. The van der Waals surface area contributed by atoms with Crippen molar-refractivity contribution in [3.8, 4) is 17.2 Å². The molecule has 0 saturated carbocycles. The predicted molar refractivity (Wildman–Crippen MR) is 150 cm³/mol. The van der Waals surface area contributed by atoms with Gasteiger partial charge in [-0.1, -0.05) is 44.0 Å². The summed E-state index contributed by atoms with van der Waals surface area (Å²) in [6.45, 7) is 5.37. The van der Waals surface area contributed by atoms with Gasteiger partial charge in [-0.3, -0.25) is 9.59 Å². The van der Waals surface area contributed by atoms with Crippen LogP contribution in [-0.2, 0) is 16.1 Å². The van der Waals surface area contributed by atoms with Crippen LogP contribution in [0.2, 0.25) is 0 Å². The van der Waals surface area contributed by atoms with Gasteiger partial charge in [0.15, 0.2) is 0 Å². The van der Waals surface area contributed by atoms with Gasteiger partial charge in [-0.15, -0.1) is 0 Å². The number of hydrogen-bond acceptors (Lipinski definition) is 6. The zero-order valence-corrected chi connectivity index (χ0v) is 22.7. The third-order valence-electron chi connectivity index (χ3n) is 6.70. The Kier molecular flexibility index (Phi) is 9.26. The molecule has 1 saturated heterocycles. The third kappa shape index (κ3) is 6.42. The van der Waals surface area contributed by atoms with Gasteiger partial charge in [-0.25, -0.2) is 0 Å². The number of hydrogen-bond donors (Lipinski definition) is 1. The van der Waals surface area contributed by atoms with E-state index < -0.39 is 17.7 Å². The van der Waals surface area contributed by atoms with Crippen LogP contribution in [0.1, 0.15) is 55.8 Å². The molecule has 3 aromatic carbocycles. The molecule has 0 radical (unpaired) electrons. The molecule has 1 aliphatic heterocycles. The maximum Gasteiger partial charge on any atom is 0.295 e. The second-order valence-electron chi connectivity index (χ2n) is 9.36. The van der Waals surface area contributed by atoms with Gasteiger partial charge in [0.2, 0.25) is 0 Å². The molecule has 0 spiro atoms. The van der Waals surface area contributed by atoms with Crippen molar-refractivity contribution in [3.05, 3.63) is 95.1 Å². The molecule has 1 aliphatic rings. The van der Waals surface area contributed by atoms with Gasteiger partial charge in [-0.2, -0.15) is 0 Å². The zero-order valence-electron chi connectivity index (χ0n) is 22.7. The first-order chi connectivity index (χ1) is 19.0. The van der Waals surface area contributed by atoms with Crippen LogP contribution in [0.3, 0.4) is 0 Å². The Balaban J connectivity index is 1.69. The number of rotatable bonds is 12. The molecule has 3 aromatic rings. The Labute approximate surface area is 229 Å². The lowest BCUT2D eigenvalue weighted by atomic mass is 9.95. The summed E-state index contributed by atoms with van der Waals surface area (Å²) in [5.74, 6) is 0.458. The Hall–Kier alpha value is -4.26. The van der Waals surface area contributed by atoms with Gasteiger partial charge in [-0.05, 0) is 73.0 Å². The quantitative estimate of drug-likeness (QED) is 0.129. The molecule has 1 amide bonds. The molecule has 0 aromatic heterocycles. The fourth-order valence-electron chi connectivity index (χ4n) is 4.64. The summed E-state index contributed by atoms with van der Waals surface area (Å²) in [4.78, 5) is 28.2.